The van der Waals surface area contributed by atoms with Crippen LogP contribution in [0.1, 0.15) is 30.1 Å². The fourth-order valence-electron chi connectivity index (χ4n) is 2.56. The second-order valence-corrected chi connectivity index (χ2v) is 4.81. The third kappa shape index (κ3) is 4.04. The lowest BCUT2D eigenvalue weighted by Gasteiger charge is -2.39. The van der Waals surface area contributed by atoms with Crippen molar-refractivity contribution in [3.05, 3.63) is 29.8 Å². The van der Waals surface area contributed by atoms with Crippen molar-refractivity contribution in [3.63, 3.8) is 0 Å². The maximum Gasteiger partial charge on any atom is 0.255 e. The summed E-state index contributed by atoms with van der Waals surface area (Å²) in [5, 5.41) is 0. The number of piperidine rings is 1. The normalized spacial score (nSPS) is 21.6. The second kappa shape index (κ2) is 8.39. The van der Waals surface area contributed by atoms with Crippen LogP contribution >= 0.6 is 24.8 Å². The van der Waals surface area contributed by atoms with Gasteiger partial charge < -0.3 is 10.6 Å². The van der Waals surface area contributed by atoms with E-state index >= 15 is 0 Å². The molecule has 2 atom stereocenters. The largest absolute Gasteiger partial charge is 0.334 e. The lowest BCUT2D eigenvalue weighted by atomic mass is 9.90. The molecule has 0 aromatic carbocycles. The zero-order valence-corrected chi connectivity index (χ0v) is 12.9. The monoisotopic (exact) mass is 323 g/mol. The average molecular weight is 324 g/mol. The molecule has 0 radical (unpaired) electrons. The molecule has 2 N–H and O–H groups in total. The quantitative estimate of drug-likeness (QED) is 0.908. The summed E-state index contributed by atoms with van der Waals surface area (Å²) >= 11 is 0. The molecule has 2 heterocycles. The van der Waals surface area contributed by atoms with Crippen molar-refractivity contribution < 1.29 is 9.18 Å². The number of rotatable bonds is 2. The van der Waals surface area contributed by atoms with E-state index in [0.29, 0.717) is 24.6 Å². The number of halogens is 3. The number of carbonyl (C=O) groups is 1. The summed E-state index contributed by atoms with van der Waals surface area (Å²) in [4.78, 5) is 17.8. The Labute approximate surface area is 130 Å². The van der Waals surface area contributed by atoms with E-state index in [1.165, 1.54) is 12.3 Å². The van der Waals surface area contributed by atoms with Crippen LogP contribution in [0.2, 0.25) is 0 Å². The first-order valence-corrected chi connectivity index (χ1v) is 6.25. The van der Waals surface area contributed by atoms with Gasteiger partial charge in [-0.1, -0.05) is 6.92 Å². The summed E-state index contributed by atoms with van der Waals surface area (Å²) in [5.41, 5.74) is 6.04. The number of aromatic nitrogens is 1. The first-order chi connectivity index (χ1) is 8.63. The van der Waals surface area contributed by atoms with Gasteiger partial charge >= 0.3 is 0 Å². The van der Waals surface area contributed by atoms with Gasteiger partial charge in [-0.2, -0.15) is 0 Å². The van der Waals surface area contributed by atoms with E-state index in [9.17, 15) is 9.18 Å². The molecular weight excluding hydrogens is 304 g/mol. The number of pyridine rings is 1. The lowest BCUT2D eigenvalue weighted by molar-refractivity contribution is 0.0531. The molecule has 1 fully saturated rings. The second-order valence-electron chi connectivity index (χ2n) is 4.81. The van der Waals surface area contributed by atoms with Crippen molar-refractivity contribution in [2.75, 3.05) is 13.1 Å². The van der Waals surface area contributed by atoms with Gasteiger partial charge in [0.1, 0.15) is 5.82 Å². The zero-order chi connectivity index (χ0) is 13.1. The molecule has 0 saturated carbocycles. The van der Waals surface area contributed by atoms with E-state index in [-0.39, 0.29) is 36.8 Å². The summed E-state index contributed by atoms with van der Waals surface area (Å²) in [6.45, 7) is 3.22. The van der Waals surface area contributed by atoms with Crippen LogP contribution in [0.3, 0.4) is 0 Å². The summed E-state index contributed by atoms with van der Waals surface area (Å²) in [6, 6.07) is 1.26. The van der Waals surface area contributed by atoms with Crippen molar-refractivity contribution in [3.8, 4) is 0 Å². The van der Waals surface area contributed by atoms with Crippen molar-refractivity contribution in [2.24, 2.45) is 11.7 Å². The first-order valence-electron chi connectivity index (χ1n) is 6.25. The molecule has 20 heavy (non-hydrogen) atoms. The van der Waals surface area contributed by atoms with Crippen LogP contribution in [-0.4, -0.2) is 34.9 Å². The van der Waals surface area contributed by atoms with E-state index in [1.807, 2.05) is 0 Å². The van der Waals surface area contributed by atoms with Gasteiger partial charge in [0.25, 0.3) is 5.91 Å². The SMILES string of the molecule is CC1CCCN(C(=O)c2cncc(F)c2)C1CN.Cl.Cl. The van der Waals surface area contributed by atoms with Crippen LogP contribution < -0.4 is 5.73 Å². The molecule has 1 saturated heterocycles. The van der Waals surface area contributed by atoms with E-state index in [0.717, 1.165) is 19.0 Å². The number of carbonyl (C=O) groups excluding carboxylic acids is 1. The number of amides is 1. The molecule has 0 aliphatic carbocycles. The Hall–Kier alpha value is -0.910. The van der Waals surface area contributed by atoms with Crippen LogP contribution in [0, 0.1) is 11.7 Å². The summed E-state index contributed by atoms with van der Waals surface area (Å²) in [7, 11) is 0. The number of hydrogen-bond donors (Lipinski definition) is 1. The molecule has 0 spiro atoms. The van der Waals surface area contributed by atoms with Crippen LogP contribution in [0.15, 0.2) is 18.5 Å². The highest BCUT2D eigenvalue weighted by atomic mass is 35.5. The Morgan fingerprint density at radius 3 is 2.80 bits per heavy atom. The third-order valence-corrected chi connectivity index (χ3v) is 3.57. The Balaban J connectivity index is 0.00000180. The van der Waals surface area contributed by atoms with Crippen molar-refractivity contribution in [2.45, 2.75) is 25.8 Å². The molecule has 1 aliphatic heterocycles. The van der Waals surface area contributed by atoms with Crippen molar-refractivity contribution in [1.29, 1.82) is 0 Å². The van der Waals surface area contributed by atoms with E-state index < -0.39 is 5.82 Å². The molecule has 4 nitrogen and oxygen atoms in total. The molecule has 1 aliphatic rings. The van der Waals surface area contributed by atoms with Crippen LogP contribution in [-0.2, 0) is 0 Å². The molecule has 114 valence electrons. The number of hydrogen-bond acceptors (Lipinski definition) is 3. The zero-order valence-electron chi connectivity index (χ0n) is 11.3. The highest BCUT2D eigenvalue weighted by Gasteiger charge is 2.31. The minimum absolute atomic E-state index is 0. The first kappa shape index (κ1) is 19.1. The molecule has 1 amide bonds. The van der Waals surface area contributed by atoms with Gasteiger partial charge in [0.15, 0.2) is 0 Å². The molecule has 1 aromatic heterocycles. The van der Waals surface area contributed by atoms with Gasteiger partial charge in [-0.15, -0.1) is 24.8 Å². The van der Waals surface area contributed by atoms with Crippen LogP contribution in [0.4, 0.5) is 4.39 Å². The highest BCUT2D eigenvalue weighted by Crippen LogP contribution is 2.24. The fraction of sp³-hybridized carbons (Fsp3) is 0.538. The molecule has 0 bridgehead atoms. The Morgan fingerprint density at radius 1 is 1.50 bits per heavy atom. The standard InChI is InChI=1S/C13H18FN3O.2ClH/c1-9-3-2-4-17(12(9)6-15)13(18)10-5-11(14)8-16-7-10;;/h5,7-9,12H,2-4,6,15H2,1H3;2*1H. The minimum atomic E-state index is -0.491. The van der Waals surface area contributed by atoms with E-state index in [1.54, 1.807) is 4.90 Å². The van der Waals surface area contributed by atoms with Crippen molar-refractivity contribution in [1.82, 2.24) is 9.88 Å². The Bertz CT molecular complexity index is 447. The van der Waals surface area contributed by atoms with Gasteiger partial charge in [-0.3, -0.25) is 9.78 Å². The molecule has 2 unspecified atom stereocenters. The van der Waals surface area contributed by atoms with Gasteiger partial charge in [0.05, 0.1) is 11.8 Å². The average Bonchev–Trinajstić information content (AvgIpc) is 2.37. The fourth-order valence-corrected chi connectivity index (χ4v) is 2.56. The topological polar surface area (TPSA) is 59.2 Å². The van der Waals surface area contributed by atoms with Gasteiger partial charge in [-0.25, -0.2) is 4.39 Å². The highest BCUT2D eigenvalue weighted by molar-refractivity contribution is 5.94. The lowest BCUT2D eigenvalue weighted by Crippen LogP contribution is -2.51. The predicted octanol–water partition coefficient (Wildman–Crippen LogP) is 2.26. The van der Waals surface area contributed by atoms with E-state index in [4.69, 9.17) is 5.73 Å². The number of likely N-dealkylation sites (tertiary alicyclic amines) is 1. The maximum atomic E-state index is 13.1. The third-order valence-electron chi connectivity index (χ3n) is 3.57. The Morgan fingerprint density at radius 2 is 2.20 bits per heavy atom. The number of nitrogens with two attached hydrogens (primary N) is 1. The minimum Gasteiger partial charge on any atom is -0.334 e. The summed E-state index contributed by atoms with van der Waals surface area (Å²) in [6.07, 6.45) is 4.54. The van der Waals surface area contributed by atoms with Gasteiger partial charge in [0.2, 0.25) is 0 Å². The predicted molar refractivity (Wildman–Crippen MR) is 81.0 cm³/mol. The smallest absolute Gasteiger partial charge is 0.255 e. The summed E-state index contributed by atoms with van der Waals surface area (Å²) in [5.74, 6) is -0.284. The number of nitrogens with zero attached hydrogens (tertiary/aromatic N) is 2. The summed E-state index contributed by atoms with van der Waals surface area (Å²) < 4.78 is 13.1. The van der Waals surface area contributed by atoms with Gasteiger partial charge in [0, 0.05) is 25.3 Å². The Kier molecular flexibility index (Phi) is 8.01. The molecule has 7 heteroatoms. The molecule has 2 rings (SSSR count). The van der Waals surface area contributed by atoms with Crippen LogP contribution in [0.25, 0.3) is 0 Å². The maximum absolute atomic E-state index is 13.1. The van der Waals surface area contributed by atoms with Gasteiger partial charge in [-0.05, 0) is 24.8 Å². The molecule has 1 aromatic rings. The molecular formula is C13H20Cl2FN3O. The van der Waals surface area contributed by atoms with Crippen LogP contribution in [0.5, 0.6) is 0 Å². The van der Waals surface area contributed by atoms with Crippen molar-refractivity contribution >= 4 is 30.7 Å². The van der Waals surface area contributed by atoms with E-state index in [2.05, 4.69) is 11.9 Å².